The fraction of sp³-hybridized carbons (Fsp3) is 0.500. The predicted molar refractivity (Wildman–Crippen MR) is 63.7 cm³/mol. The smallest absolute Gasteiger partial charge is 0.278 e. The van der Waals surface area contributed by atoms with E-state index < -0.39 is 0 Å². The van der Waals surface area contributed by atoms with Gasteiger partial charge in [-0.1, -0.05) is 13.3 Å². The molecule has 0 fully saturated rings. The van der Waals surface area contributed by atoms with Gasteiger partial charge in [0, 0.05) is 19.3 Å². The molecule has 0 aliphatic heterocycles. The van der Waals surface area contributed by atoms with Gasteiger partial charge < -0.3 is 4.74 Å². The third kappa shape index (κ3) is 4.03. The van der Waals surface area contributed by atoms with Crippen molar-refractivity contribution in [1.82, 2.24) is 10.0 Å². The standard InChI is InChI=1S/C12H18N2O3/c1-4-5-8-17-11-7-6-10(9-13-11)12(15)14(2)16-3/h6-7,9H,4-5,8H2,1-3H3. The molecule has 94 valence electrons. The molecule has 1 rings (SSSR count). The Morgan fingerprint density at radius 2 is 2.24 bits per heavy atom. The number of hydrogen-bond donors (Lipinski definition) is 0. The fourth-order valence-corrected chi connectivity index (χ4v) is 1.18. The lowest BCUT2D eigenvalue weighted by atomic mass is 10.2. The lowest BCUT2D eigenvalue weighted by molar-refractivity contribution is -0.0757. The normalized spacial score (nSPS) is 10.1. The Morgan fingerprint density at radius 3 is 2.76 bits per heavy atom. The fourth-order valence-electron chi connectivity index (χ4n) is 1.18. The Labute approximate surface area is 101 Å². The van der Waals surface area contributed by atoms with E-state index in [1.165, 1.54) is 13.3 Å². The van der Waals surface area contributed by atoms with Crippen molar-refractivity contribution in [3.63, 3.8) is 0 Å². The zero-order valence-corrected chi connectivity index (χ0v) is 10.5. The second-order valence-electron chi connectivity index (χ2n) is 3.57. The van der Waals surface area contributed by atoms with Gasteiger partial charge in [-0.15, -0.1) is 0 Å². The molecule has 0 aromatic carbocycles. The van der Waals surface area contributed by atoms with Crippen molar-refractivity contribution >= 4 is 5.91 Å². The van der Waals surface area contributed by atoms with Gasteiger partial charge in [-0.2, -0.15) is 0 Å². The highest BCUT2D eigenvalue weighted by Gasteiger charge is 2.11. The molecule has 0 aliphatic rings. The zero-order chi connectivity index (χ0) is 12.7. The molecule has 1 amide bonds. The van der Waals surface area contributed by atoms with Crippen LogP contribution in [0.3, 0.4) is 0 Å². The van der Waals surface area contributed by atoms with E-state index in [9.17, 15) is 4.79 Å². The second kappa shape index (κ2) is 6.85. The highest BCUT2D eigenvalue weighted by Crippen LogP contribution is 2.09. The topological polar surface area (TPSA) is 51.7 Å². The van der Waals surface area contributed by atoms with E-state index in [2.05, 4.69) is 11.9 Å². The molecule has 0 bridgehead atoms. The van der Waals surface area contributed by atoms with Gasteiger partial charge in [0.05, 0.1) is 19.3 Å². The summed E-state index contributed by atoms with van der Waals surface area (Å²) in [5.41, 5.74) is 0.470. The molecule has 5 heteroatoms. The number of carbonyl (C=O) groups excluding carboxylic acids is 1. The molecule has 0 saturated carbocycles. The average molecular weight is 238 g/mol. The molecule has 1 heterocycles. The quantitative estimate of drug-likeness (QED) is 0.561. The Morgan fingerprint density at radius 1 is 1.47 bits per heavy atom. The van der Waals surface area contributed by atoms with Crippen LogP contribution in [0.25, 0.3) is 0 Å². The van der Waals surface area contributed by atoms with Crippen LogP contribution >= 0.6 is 0 Å². The first-order valence-electron chi connectivity index (χ1n) is 5.60. The van der Waals surface area contributed by atoms with Crippen LogP contribution in [0.4, 0.5) is 0 Å². The van der Waals surface area contributed by atoms with Crippen molar-refractivity contribution in [1.29, 1.82) is 0 Å². The summed E-state index contributed by atoms with van der Waals surface area (Å²) in [5, 5.41) is 1.15. The first-order chi connectivity index (χ1) is 8.19. The number of rotatable bonds is 6. The Balaban J connectivity index is 2.58. The van der Waals surface area contributed by atoms with Crippen molar-refractivity contribution in [2.45, 2.75) is 19.8 Å². The molecule has 0 aliphatic carbocycles. The number of pyridine rings is 1. The maximum absolute atomic E-state index is 11.7. The molecule has 0 N–H and O–H groups in total. The molecular formula is C12H18N2O3. The minimum absolute atomic E-state index is 0.236. The second-order valence-corrected chi connectivity index (χ2v) is 3.57. The monoisotopic (exact) mass is 238 g/mol. The van der Waals surface area contributed by atoms with E-state index in [1.54, 1.807) is 19.2 Å². The maximum Gasteiger partial charge on any atom is 0.278 e. The summed E-state index contributed by atoms with van der Waals surface area (Å²) in [6.07, 6.45) is 3.56. The number of nitrogens with zero attached hydrogens (tertiary/aromatic N) is 2. The summed E-state index contributed by atoms with van der Waals surface area (Å²) in [6, 6.07) is 3.36. The molecule has 1 aromatic rings. The summed E-state index contributed by atoms with van der Waals surface area (Å²) >= 11 is 0. The largest absolute Gasteiger partial charge is 0.478 e. The van der Waals surface area contributed by atoms with Crippen molar-refractivity contribution in [3.05, 3.63) is 23.9 Å². The van der Waals surface area contributed by atoms with Gasteiger partial charge in [-0.3, -0.25) is 9.63 Å². The van der Waals surface area contributed by atoms with Gasteiger partial charge in [-0.05, 0) is 12.5 Å². The molecule has 0 saturated heterocycles. The third-order valence-electron chi connectivity index (χ3n) is 2.29. The molecule has 0 radical (unpaired) electrons. The molecule has 0 unspecified atom stereocenters. The molecule has 1 aromatic heterocycles. The summed E-state index contributed by atoms with van der Waals surface area (Å²) in [6.45, 7) is 2.74. The van der Waals surface area contributed by atoms with Gasteiger partial charge in [0.1, 0.15) is 0 Å². The highest BCUT2D eigenvalue weighted by atomic mass is 16.7. The van der Waals surface area contributed by atoms with Crippen LogP contribution in [-0.2, 0) is 4.84 Å². The van der Waals surface area contributed by atoms with Crippen LogP contribution in [0.1, 0.15) is 30.1 Å². The Bertz CT molecular complexity index is 351. The van der Waals surface area contributed by atoms with Crippen molar-refractivity contribution in [3.8, 4) is 5.88 Å². The lowest BCUT2D eigenvalue weighted by Crippen LogP contribution is -2.25. The molecule has 0 spiro atoms. The number of amides is 1. The van der Waals surface area contributed by atoms with Crippen LogP contribution in [-0.4, -0.2) is 36.7 Å². The predicted octanol–water partition coefficient (Wildman–Crippen LogP) is 1.89. The number of unbranched alkanes of at least 4 members (excludes halogenated alkanes) is 1. The van der Waals surface area contributed by atoms with E-state index >= 15 is 0 Å². The van der Waals surface area contributed by atoms with E-state index in [4.69, 9.17) is 9.57 Å². The summed E-state index contributed by atoms with van der Waals surface area (Å²) < 4.78 is 5.40. The van der Waals surface area contributed by atoms with Gasteiger partial charge in [-0.25, -0.2) is 10.0 Å². The van der Waals surface area contributed by atoms with Gasteiger partial charge in [0.2, 0.25) is 5.88 Å². The Kier molecular flexibility index (Phi) is 5.42. The molecule has 0 atom stereocenters. The van der Waals surface area contributed by atoms with Crippen molar-refractivity contribution in [2.24, 2.45) is 0 Å². The highest BCUT2D eigenvalue weighted by molar-refractivity contribution is 5.93. The Hall–Kier alpha value is -1.62. The minimum atomic E-state index is -0.236. The first-order valence-corrected chi connectivity index (χ1v) is 5.60. The van der Waals surface area contributed by atoms with Gasteiger partial charge in [0.25, 0.3) is 5.91 Å². The number of carbonyl (C=O) groups is 1. The number of hydroxylamine groups is 2. The number of hydrogen-bond acceptors (Lipinski definition) is 4. The van der Waals surface area contributed by atoms with Gasteiger partial charge >= 0.3 is 0 Å². The van der Waals surface area contributed by atoms with Crippen LogP contribution in [0, 0.1) is 0 Å². The maximum atomic E-state index is 11.7. The minimum Gasteiger partial charge on any atom is -0.478 e. The number of ether oxygens (including phenoxy) is 1. The molecule has 5 nitrogen and oxygen atoms in total. The van der Waals surface area contributed by atoms with E-state index in [1.807, 2.05) is 0 Å². The SMILES string of the molecule is CCCCOc1ccc(C(=O)N(C)OC)cn1. The van der Waals surface area contributed by atoms with Crippen molar-refractivity contribution < 1.29 is 14.4 Å². The summed E-state index contributed by atoms with van der Waals surface area (Å²) in [7, 11) is 2.99. The first kappa shape index (κ1) is 13.4. The van der Waals surface area contributed by atoms with E-state index in [-0.39, 0.29) is 5.91 Å². The zero-order valence-electron chi connectivity index (χ0n) is 10.5. The van der Waals surface area contributed by atoms with Crippen LogP contribution in [0.5, 0.6) is 5.88 Å². The van der Waals surface area contributed by atoms with Crippen LogP contribution < -0.4 is 4.74 Å². The van der Waals surface area contributed by atoms with Gasteiger partial charge in [0.15, 0.2) is 0 Å². The van der Waals surface area contributed by atoms with Crippen LogP contribution in [0.15, 0.2) is 18.3 Å². The van der Waals surface area contributed by atoms with E-state index in [0.29, 0.717) is 18.1 Å². The van der Waals surface area contributed by atoms with Crippen molar-refractivity contribution in [2.75, 3.05) is 20.8 Å². The van der Waals surface area contributed by atoms with E-state index in [0.717, 1.165) is 17.9 Å². The number of aromatic nitrogens is 1. The summed E-state index contributed by atoms with van der Waals surface area (Å²) in [4.78, 5) is 20.5. The molecule has 17 heavy (non-hydrogen) atoms. The van der Waals surface area contributed by atoms with Crippen LogP contribution in [0.2, 0.25) is 0 Å². The summed E-state index contributed by atoms with van der Waals surface area (Å²) in [5.74, 6) is 0.301. The average Bonchev–Trinajstić information content (AvgIpc) is 2.38. The third-order valence-corrected chi connectivity index (χ3v) is 2.29. The molecular weight excluding hydrogens is 220 g/mol. The lowest BCUT2D eigenvalue weighted by Gasteiger charge is -2.13.